The van der Waals surface area contributed by atoms with Gasteiger partial charge in [-0.05, 0) is 26.6 Å². The number of aryl methyl sites for hydroxylation is 1. The predicted molar refractivity (Wildman–Crippen MR) is 79.9 cm³/mol. The fraction of sp³-hybridized carbons (Fsp3) is 0.692. The summed E-state index contributed by atoms with van der Waals surface area (Å²) in [6.45, 7) is 8.10. The molecule has 1 aliphatic rings. The first-order valence-electron chi connectivity index (χ1n) is 6.97. The number of hydrogen-bond acceptors (Lipinski definition) is 5. The van der Waals surface area contributed by atoms with E-state index in [4.69, 9.17) is 9.16 Å². The number of aromatic amines is 1. The summed E-state index contributed by atoms with van der Waals surface area (Å²) in [6.07, 6.45) is 0.0235. The number of ether oxygens (including phenoxy) is 1. The Kier molecular flexibility index (Phi) is 4.52. The maximum atomic E-state index is 11.8. The third kappa shape index (κ3) is 3.91. The third-order valence-corrected chi connectivity index (χ3v) is 4.37. The van der Waals surface area contributed by atoms with Crippen molar-refractivity contribution >= 4 is 8.32 Å². The Labute approximate surface area is 123 Å². The van der Waals surface area contributed by atoms with E-state index >= 15 is 0 Å². The van der Waals surface area contributed by atoms with Gasteiger partial charge >= 0.3 is 5.69 Å². The van der Waals surface area contributed by atoms with Crippen LogP contribution in [0, 0.1) is 6.92 Å². The smallest absolute Gasteiger partial charge is 0.330 e. The summed E-state index contributed by atoms with van der Waals surface area (Å²) in [5, 5.41) is 10.1. The van der Waals surface area contributed by atoms with Gasteiger partial charge in [0.05, 0.1) is 12.7 Å². The second-order valence-electron chi connectivity index (χ2n) is 6.33. The van der Waals surface area contributed by atoms with Gasteiger partial charge < -0.3 is 14.3 Å². The summed E-state index contributed by atoms with van der Waals surface area (Å²) in [6, 6.07) is 0. The molecule has 1 aromatic rings. The van der Waals surface area contributed by atoms with Gasteiger partial charge in [0.2, 0.25) is 0 Å². The lowest BCUT2D eigenvalue weighted by atomic mass is 10.2. The van der Waals surface area contributed by atoms with Crippen molar-refractivity contribution in [3.8, 4) is 0 Å². The molecule has 2 N–H and O–H groups in total. The number of aliphatic hydroxyl groups is 1. The molecule has 3 atom stereocenters. The number of aromatic nitrogens is 2. The van der Waals surface area contributed by atoms with Crippen LogP contribution in [-0.4, -0.2) is 41.8 Å². The van der Waals surface area contributed by atoms with Crippen molar-refractivity contribution in [1.82, 2.24) is 9.55 Å². The van der Waals surface area contributed by atoms with Gasteiger partial charge in [0.15, 0.2) is 8.32 Å². The summed E-state index contributed by atoms with van der Waals surface area (Å²) in [5.41, 5.74) is -0.516. The lowest BCUT2D eigenvalue weighted by Gasteiger charge is -2.22. The highest BCUT2D eigenvalue weighted by molar-refractivity contribution is 6.69. The molecule has 1 saturated heterocycles. The highest BCUT2D eigenvalue weighted by atomic mass is 28.4. The first-order chi connectivity index (χ1) is 9.67. The number of H-pyrrole nitrogens is 1. The van der Waals surface area contributed by atoms with Crippen LogP contribution in [0.2, 0.25) is 19.6 Å². The molecule has 2 rings (SSSR count). The van der Waals surface area contributed by atoms with Crippen molar-refractivity contribution in [2.45, 2.75) is 51.4 Å². The first-order valence-corrected chi connectivity index (χ1v) is 10.4. The topological polar surface area (TPSA) is 93.6 Å². The molecule has 0 spiro atoms. The molecule has 118 valence electrons. The molecular weight excluding hydrogens is 292 g/mol. The third-order valence-electron chi connectivity index (χ3n) is 3.34. The van der Waals surface area contributed by atoms with Gasteiger partial charge in [0, 0.05) is 18.2 Å². The van der Waals surface area contributed by atoms with E-state index in [0.29, 0.717) is 18.6 Å². The molecule has 0 bridgehead atoms. The second-order valence-corrected chi connectivity index (χ2v) is 10.8. The van der Waals surface area contributed by atoms with Crippen molar-refractivity contribution in [2.24, 2.45) is 0 Å². The van der Waals surface area contributed by atoms with Crippen molar-refractivity contribution in [3.05, 3.63) is 32.6 Å². The van der Waals surface area contributed by atoms with Gasteiger partial charge in [0.25, 0.3) is 5.56 Å². The molecule has 7 nitrogen and oxygen atoms in total. The van der Waals surface area contributed by atoms with E-state index in [1.807, 2.05) is 0 Å². The SMILES string of the molecule is Cc1cn([C@H]2C[C@H](O)[C@@H](CO[Si](C)(C)C)O2)c(=O)[nH]c1=O. The number of nitrogens with zero attached hydrogens (tertiary/aromatic N) is 1. The van der Waals surface area contributed by atoms with Crippen molar-refractivity contribution in [1.29, 1.82) is 0 Å². The maximum absolute atomic E-state index is 11.8. The largest absolute Gasteiger partial charge is 0.415 e. The Bertz CT molecular complexity index is 618. The maximum Gasteiger partial charge on any atom is 0.330 e. The van der Waals surface area contributed by atoms with Crippen LogP contribution in [0.4, 0.5) is 0 Å². The summed E-state index contributed by atoms with van der Waals surface area (Å²) in [5.74, 6) is 0. The van der Waals surface area contributed by atoms with E-state index < -0.39 is 38.0 Å². The summed E-state index contributed by atoms with van der Waals surface area (Å²) < 4.78 is 12.8. The molecule has 1 aromatic heterocycles. The first kappa shape index (κ1) is 16.2. The lowest BCUT2D eigenvalue weighted by molar-refractivity contribution is -0.0424. The van der Waals surface area contributed by atoms with Crippen molar-refractivity contribution in [2.75, 3.05) is 6.61 Å². The van der Waals surface area contributed by atoms with Crippen LogP contribution in [0.3, 0.4) is 0 Å². The van der Waals surface area contributed by atoms with Gasteiger partial charge in [-0.1, -0.05) is 0 Å². The summed E-state index contributed by atoms with van der Waals surface area (Å²) >= 11 is 0. The Hall–Kier alpha value is -1.22. The van der Waals surface area contributed by atoms with Crippen LogP contribution < -0.4 is 11.2 Å². The zero-order valence-electron chi connectivity index (χ0n) is 12.8. The monoisotopic (exact) mass is 314 g/mol. The number of aliphatic hydroxyl groups excluding tert-OH is 1. The Balaban J connectivity index is 2.12. The lowest BCUT2D eigenvalue weighted by Crippen LogP contribution is -2.35. The number of rotatable bonds is 4. The van der Waals surface area contributed by atoms with Gasteiger partial charge in [0.1, 0.15) is 12.3 Å². The minimum atomic E-state index is -1.69. The predicted octanol–water partition coefficient (Wildman–Crippen LogP) is 0.345. The molecule has 1 fully saturated rings. The minimum absolute atomic E-state index is 0.297. The van der Waals surface area contributed by atoms with Gasteiger partial charge in [-0.15, -0.1) is 0 Å². The summed E-state index contributed by atoms with van der Waals surface area (Å²) in [7, 11) is -1.69. The molecule has 0 radical (unpaired) electrons. The Morgan fingerprint density at radius 1 is 1.48 bits per heavy atom. The van der Waals surface area contributed by atoms with E-state index in [0.717, 1.165) is 0 Å². The average Bonchev–Trinajstić information content (AvgIpc) is 2.72. The van der Waals surface area contributed by atoms with E-state index in [-0.39, 0.29) is 0 Å². The van der Waals surface area contributed by atoms with Crippen molar-refractivity contribution < 1.29 is 14.3 Å². The minimum Gasteiger partial charge on any atom is -0.415 e. The van der Waals surface area contributed by atoms with Gasteiger partial charge in [-0.25, -0.2) is 4.79 Å². The molecule has 21 heavy (non-hydrogen) atoms. The van der Waals surface area contributed by atoms with E-state index in [2.05, 4.69) is 24.6 Å². The van der Waals surface area contributed by atoms with Gasteiger partial charge in [-0.2, -0.15) is 0 Å². The van der Waals surface area contributed by atoms with Crippen LogP contribution in [0.1, 0.15) is 18.2 Å². The van der Waals surface area contributed by atoms with Crippen LogP contribution in [0.15, 0.2) is 15.8 Å². The Morgan fingerprint density at radius 3 is 2.76 bits per heavy atom. The second kappa shape index (κ2) is 5.88. The van der Waals surface area contributed by atoms with Gasteiger partial charge in [-0.3, -0.25) is 14.3 Å². The van der Waals surface area contributed by atoms with E-state index in [9.17, 15) is 14.7 Å². The number of nitrogens with one attached hydrogen (secondary N) is 1. The fourth-order valence-corrected chi connectivity index (χ4v) is 2.83. The van der Waals surface area contributed by atoms with Crippen LogP contribution in [0.5, 0.6) is 0 Å². The van der Waals surface area contributed by atoms with Crippen LogP contribution in [-0.2, 0) is 9.16 Å². The number of hydrogen-bond donors (Lipinski definition) is 2. The van der Waals surface area contributed by atoms with E-state index in [1.165, 1.54) is 10.8 Å². The quantitative estimate of drug-likeness (QED) is 0.782. The summed E-state index contributed by atoms with van der Waals surface area (Å²) in [4.78, 5) is 25.4. The van der Waals surface area contributed by atoms with E-state index in [1.54, 1.807) is 6.92 Å². The molecule has 0 unspecified atom stereocenters. The Morgan fingerprint density at radius 2 is 2.14 bits per heavy atom. The molecule has 8 heteroatoms. The average molecular weight is 314 g/mol. The standard InChI is InChI=1S/C13H22N2O5Si/c1-8-6-15(13(18)14-12(8)17)11-5-9(16)10(20-11)7-19-21(2,3)4/h6,9-11,16H,5,7H2,1-4H3,(H,14,17,18)/t9-,10+,11+/m0/s1. The molecule has 0 aromatic carbocycles. The van der Waals surface area contributed by atoms with Crippen LogP contribution in [0.25, 0.3) is 0 Å². The van der Waals surface area contributed by atoms with Crippen LogP contribution >= 0.6 is 0 Å². The molecule has 2 heterocycles. The molecule has 0 aliphatic carbocycles. The molecular formula is C13H22N2O5Si. The zero-order chi connectivity index (χ0) is 15.8. The normalized spacial score (nSPS) is 26.2. The molecule has 0 saturated carbocycles. The molecule has 1 aliphatic heterocycles. The molecule has 0 amide bonds. The highest BCUT2D eigenvalue weighted by Gasteiger charge is 2.36. The zero-order valence-corrected chi connectivity index (χ0v) is 13.8. The highest BCUT2D eigenvalue weighted by Crippen LogP contribution is 2.28. The fourth-order valence-electron chi connectivity index (χ4n) is 2.17. The van der Waals surface area contributed by atoms with Crippen molar-refractivity contribution in [3.63, 3.8) is 0 Å².